The second-order valence-electron chi connectivity index (χ2n) is 13.0. The maximum absolute atomic E-state index is 14.3. The van der Waals surface area contributed by atoms with E-state index in [1.165, 1.54) is 23.1 Å². The van der Waals surface area contributed by atoms with E-state index < -0.39 is 43.0 Å². The number of urea groups is 1. The van der Waals surface area contributed by atoms with Crippen molar-refractivity contribution in [2.24, 2.45) is 5.92 Å². The molecule has 1 aliphatic heterocycles. The van der Waals surface area contributed by atoms with Crippen LogP contribution >= 0.6 is 0 Å². The minimum absolute atomic E-state index is 0.0964. The van der Waals surface area contributed by atoms with Gasteiger partial charge in [0.25, 0.3) is 5.91 Å². The zero-order valence-corrected chi connectivity index (χ0v) is 29.0. The number of fused-ring (bicyclic) bond motifs is 2. The van der Waals surface area contributed by atoms with Gasteiger partial charge >= 0.3 is 12.2 Å². The third-order valence-electron chi connectivity index (χ3n) is 8.80. The second-order valence-corrected chi connectivity index (χ2v) is 13.0. The van der Waals surface area contributed by atoms with E-state index in [4.69, 9.17) is 9.47 Å². The van der Waals surface area contributed by atoms with Gasteiger partial charge in [-0.05, 0) is 62.8 Å². The Hall–Kier alpha value is -4.36. The topological polar surface area (TPSA) is 120 Å². The van der Waals surface area contributed by atoms with Crippen LogP contribution in [0.4, 0.5) is 29.3 Å². The van der Waals surface area contributed by atoms with Crippen molar-refractivity contribution in [3.05, 3.63) is 66.2 Å². The molecule has 0 unspecified atom stereocenters. The summed E-state index contributed by atoms with van der Waals surface area (Å²) in [5, 5.41) is 17.5. The molecule has 0 saturated carbocycles. The maximum Gasteiger partial charge on any atom is 0.389 e. The molecule has 0 spiro atoms. The summed E-state index contributed by atoms with van der Waals surface area (Å²) in [5.74, 6) is -1.39. The van der Waals surface area contributed by atoms with Crippen LogP contribution in [0.25, 0.3) is 10.8 Å². The van der Waals surface area contributed by atoms with Crippen LogP contribution in [0.1, 0.15) is 63.2 Å². The van der Waals surface area contributed by atoms with E-state index in [2.05, 4.69) is 10.6 Å². The van der Waals surface area contributed by atoms with Gasteiger partial charge in [-0.3, -0.25) is 9.59 Å². The van der Waals surface area contributed by atoms with Gasteiger partial charge in [-0.2, -0.15) is 13.2 Å². The summed E-state index contributed by atoms with van der Waals surface area (Å²) in [7, 11) is 1.68. The number of hydrogen-bond acceptors (Lipinski definition) is 6. The van der Waals surface area contributed by atoms with E-state index in [1.54, 1.807) is 18.9 Å². The van der Waals surface area contributed by atoms with Crippen molar-refractivity contribution in [2.75, 3.05) is 44.0 Å². The number of nitrogens with one attached hydrogen (secondary N) is 2. The number of benzene rings is 3. The number of ether oxygens (including phenoxy) is 2. The first-order valence-electron chi connectivity index (χ1n) is 17.0. The molecular weight excluding hydrogens is 653 g/mol. The molecular formula is C37H47F3N4O6. The van der Waals surface area contributed by atoms with E-state index in [0.29, 0.717) is 18.7 Å². The summed E-state index contributed by atoms with van der Waals surface area (Å²) in [6.45, 7) is 5.91. The molecule has 0 saturated heterocycles. The smallest absolute Gasteiger partial charge is 0.389 e. The summed E-state index contributed by atoms with van der Waals surface area (Å²) in [6.07, 6.45) is -5.14. The van der Waals surface area contributed by atoms with Gasteiger partial charge in [0.05, 0.1) is 42.5 Å². The Balaban J connectivity index is 1.57. The third-order valence-corrected chi connectivity index (χ3v) is 8.80. The van der Waals surface area contributed by atoms with Crippen molar-refractivity contribution in [1.29, 1.82) is 0 Å². The average molecular weight is 701 g/mol. The number of aliphatic hydroxyl groups is 1. The summed E-state index contributed by atoms with van der Waals surface area (Å²) in [5.41, 5.74) is 0.921. The Morgan fingerprint density at radius 1 is 1.06 bits per heavy atom. The highest BCUT2D eigenvalue weighted by Gasteiger charge is 2.32. The molecule has 3 N–H and O–H groups in total. The normalized spacial score (nSPS) is 19.9. The van der Waals surface area contributed by atoms with Crippen molar-refractivity contribution in [3.8, 4) is 5.75 Å². The lowest BCUT2D eigenvalue weighted by Gasteiger charge is -2.35. The van der Waals surface area contributed by atoms with Crippen molar-refractivity contribution >= 4 is 40.0 Å². The fraction of sp³-hybridized carbons (Fsp3) is 0.486. The molecule has 3 aromatic carbocycles. The van der Waals surface area contributed by atoms with E-state index in [9.17, 15) is 32.7 Å². The van der Waals surface area contributed by atoms with Crippen LogP contribution in [0.15, 0.2) is 60.7 Å². The predicted molar refractivity (Wildman–Crippen MR) is 186 cm³/mol. The first-order chi connectivity index (χ1) is 23.8. The molecule has 50 heavy (non-hydrogen) atoms. The predicted octanol–water partition coefficient (Wildman–Crippen LogP) is 7.08. The lowest BCUT2D eigenvalue weighted by molar-refractivity contribution is -0.142. The monoisotopic (exact) mass is 700 g/mol. The second kappa shape index (κ2) is 17.5. The number of likely N-dealkylation sites (N-methyl/N-ethyl adjacent to an activating group) is 1. The Morgan fingerprint density at radius 3 is 2.54 bits per heavy atom. The van der Waals surface area contributed by atoms with E-state index in [0.717, 1.165) is 23.6 Å². The largest absolute Gasteiger partial charge is 0.490 e. The molecule has 4 rings (SSSR count). The van der Waals surface area contributed by atoms with Gasteiger partial charge in [-0.15, -0.1) is 0 Å². The fourth-order valence-electron chi connectivity index (χ4n) is 5.84. The SMILES string of the molecule is C[C@@H]1CN([C@@H](C)CO)C(=O)c2cc(NC(=O)CCC(F)(F)F)ccc2O[C@@H](C)CCCCO[C@H]1CN(C)C(=O)Nc1cccc2ccccc12. The quantitative estimate of drug-likeness (QED) is 0.231. The number of carbonyl (C=O) groups is 3. The zero-order valence-electron chi connectivity index (χ0n) is 29.0. The van der Waals surface area contributed by atoms with Gasteiger partial charge in [0.2, 0.25) is 5.91 Å². The highest BCUT2D eigenvalue weighted by molar-refractivity contribution is 6.02. The number of carbonyl (C=O) groups excluding carboxylic acids is 3. The molecule has 4 amide bonds. The van der Waals surface area contributed by atoms with Gasteiger partial charge in [-0.25, -0.2) is 4.79 Å². The molecule has 1 aliphatic rings. The molecule has 0 aromatic heterocycles. The first-order valence-corrected chi connectivity index (χ1v) is 17.0. The maximum atomic E-state index is 14.3. The molecule has 10 nitrogen and oxygen atoms in total. The number of alkyl halides is 3. The van der Waals surface area contributed by atoms with Crippen LogP contribution in [0.3, 0.4) is 0 Å². The Labute approximate surface area is 290 Å². The zero-order chi connectivity index (χ0) is 36.4. The van der Waals surface area contributed by atoms with Gasteiger partial charge in [0.15, 0.2) is 0 Å². The Bertz CT molecular complexity index is 1610. The number of anilines is 2. The fourth-order valence-corrected chi connectivity index (χ4v) is 5.84. The Morgan fingerprint density at radius 2 is 1.80 bits per heavy atom. The lowest BCUT2D eigenvalue weighted by atomic mass is 10.0. The van der Waals surface area contributed by atoms with Crippen molar-refractivity contribution in [3.63, 3.8) is 0 Å². The molecule has 1 heterocycles. The molecule has 0 fully saturated rings. The summed E-state index contributed by atoms with van der Waals surface area (Å²) in [4.78, 5) is 43.0. The van der Waals surface area contributed by atoms with Crippen LogP contribution < -0.4 is 15.4 Å². The van der Waals surface area contributed by atoms with Crippen LogP contribution in [0, 0.1) is 5.92 Å². The highest BCUT2D eigenvalue weighted by Crippen LogP contribution is 2.29. The first kappa shape index (κ1) is 38.4. The number of nitrogens with zero attached hydrogens (tertiary/aromatic N) is 2. The molecule has 3 aromatic rings. The van der Waals surface area contributed by atoms with Crippen molar-refractivity contribution in [1.82, 2.24) is 9.80 Å². The van der Waals surface area contributed by atoms with Gasteiger partial charge in [-0.1, -0.05) is 43.3 Å². The summed E-state index contributed by atoms with van der Waals surface area (Å²) >= 11 is 0. The number of rotatable bonds is 8. The molecule has 0 radical (unpaired) electrons. The molecule has 272 valence electrons. The lowest BCUT2D eigenvalue weighted by Crippen LogP contribution is -2.48. The number of halogens is 3. The van der Waals surface area contributed by atoms with Crippen molar-refractivity contribution < 1.29 is 42.1 Å². The molecule has 13 heteroatoms. The van der Waals surface area contributed by atoms with Crippen LogP contribution in [-0.4, -0.2) is 90.5 Å². The van der Waals surface area contributed by atoms with Crippen LogP contribution in [-0.2, 0) is 9.53 Å². The Kier molecular flexibility index (Phi) is 13.5. The molecule has 4 atom stereocenters. The summed E-state index contributed by atoms with van der Waals surface area (Å²) in [6, 6.07) is 16.9. The number of aliphatic hydroxyl groups excluding tert-OH is 1. The van der Waals surface area contributed by atoms with E-state index in [1.807, 2.05) is 56.3 Å². The average Bonchev–Trinajstić information content (AvgIpc) is 3.08. The number of hydrogen-bond donors (Lipinski definition) is 3. The van der Waals surface area contributed by atoms with Gasteiger partial charge in [0, 0.05) is 50.2 Å². The standard InChI is InChI=1S/C37H47F3N4O6/c1-24-21-44(25(2)23-45)35(47)30-20-28(41-34(46)17-18-37(38,39)40)15-16-32(30)50-26(3)10-7-8-19-49-33(24)22-43(4)36(48)42-31-14-9-12-27-11-5-6-13-29(27)31/h5-6,9,11-16,20,24-26,33,45H,7-8,10,17-19,21-23H2,1-4H3,(H,41,46)(H,42,48)/t24-,25+,26+,33+/m1/s1. The minimum atomic E-state index is -4.48. The summed E-state index contributed by atoms with van der Waals surface area (Å²) < 4.78 is 50.6. The molecule has 0 aliphatic carbocycles. The molecule has 0 bridgehead atoms. The minimum Gasteiger partial charge on any atom is -0.490 e. The number of amides is 4. The van der Waals surface area contributed by atoms with Gasteiger partial charge < -0.3 is 35.0 Å². The van der Waals surface area contributed by atoms with Crippen LogP contribution in [0.5, 0.6) is 5.75 Å². The highest BCUT2D eigenvalue weighted by atomic mass is 19.4. The van der Waals surface area contributed by atoms with Gasteiger partial charge in [0.1, 0.15) is 5.75 Å². The van der Waals surface area contributed by atoms with E-state index >= 15 is 0 Å². The van der Waals surface area contributed by atoms with Crippen molar-refractivity contribution in [2.45, 2.75) is 77.3 Å². The van der Waals surface area contributed by atoms with E-state index in [-0.39, 0.29) is 54.7 Å². The third kappa shape index (κ3) is 10.8. The van der Waals surface area contributed by atoms with Crippen LogP contribution in [0.2, 0.25) is 0 Å².